The van der Waals surface area contributed by atoms with Gasteiger partial charge >= 0.3 is 0 Å². The molecule has 0 N–H and O–H groups in total. The average Bonchev–Trinajstić information content (AvgIpc) is 3.26. The number of rotatable bonds is 6. The molecule has 0 saturated carbocycles. The Bertz CT molecular complexity index is 1460. The molecule has 1 aliphatic carbocycles. The van der Waals surface area contributed by atoms with E-state index < -0.39 is 0 Å². The zero-order valence-corrected chi connectivity index (χ0v) is 20.6. The Morgan fingerprint density at radius 1 is 1.03 bits per heavy atom. The van der Waals surface area contributed by atoms with Crippen LogP contribution in [0.1, 0.15) is 46.2 Å². The van der Waals surface area contributed by atoms with E-state index in [1.807, 2.05) is 12.3 Å². The van der Waals surface area contributed by atoms with Crippen molar-refractivity contribution in [3.63, 3.8) is 0 Å². The summed E-state index contributed by atoms with van der Waals surface area (Å²) in [7, 11) is 0. The molecule has 0 spiro atoms. The predicted octanol–water partition coefficient (Wildman–Crippen LogP) is 7.12. The largest absolute Gasteiger partial charge is 0.456 e. The first-order chi connectivity index (χ1) is 16.5. The van der Waals surface area contributed by atoms with Gasteiger partial charge in [-0.1, -0.05) is 94.5 Å². The lowest BCUT2D eigenvalue weighted by molar-refractivity contribution is 0.222. The molecule has 2 heterocycles. The minimum atomic E-state index is -0.0249. The van der Waals surface area contributed by atoms with Gasteiger partial charge in [-0.3, -0.25) is 4.98 Å². The van der Waals surface area contributed by atoms with Crippen molar-refractivity contribution in [2.75, 3.05) is 0 Å². The number of para-hydroxylation sites is 1. The second-order valence-electron chi connectivity index (χ2n) is 9.87. The summed E-state index contributed by atoms with van der Waals surface area (Å²) >= 11 is 0. The minimum Gasteiger partial charge on any atom is -0.456 e. The first-order valence-corrected chi connectivity index (χ1v) is 12.4. The number of hydrogen-bond acceptors (Lipinski definition) is 2. The molecular weight excluding hydrogens is 414 g/mol. The summed E-state index contributed by atoms with van der Waals surface area (Å²) < 4.78 is 6.58. The highest BCUT2D eigenvalue weighted by atomic mass is 16.3. The summed E-state index contributed by atoms with van der Waals surface area (Å²) in [5.74, 6) is 0.730. The lowest BCUT2D eigenvalue weighted by Crippen LogP contribution is -2.39. The Balaban J connectivity index is 1.81. The van der Waals surface area contributed by atoms with Crippen LogP contribution in [0.5, 0.6) is 0 Å². The molecule has 0 fully saturated rings. The van der Waals surface area contributed by atoms with Crippen molar-refractivity contribution in [3.05, 3.63) is 101 Å². The van der Waals surface area contributed by atoms with Crippen LogP contribution in [0.25, 0.3) is 33.7 Å². The Labute approximate surface area is 202 Å². The van der Waals surface area contributed by atoms with E-state index in [9.17, 15) is 0 Å². The van der Waals surface area contributed by atoms with Crippen LogP contribution in [0.2, 0.25) is 0 Å². The lowest BCUT2D eigenvalue weighted by Gasteiger charge is -2.40. The summed E-state index contributed by atoms with van der Waals surface area (Å²) in [5, 5.41) is 2.39. The van der Waals surface area contributed by atoms with Crippen molar-refractivity contribution in [2.45, 2.75) is 40.5 Å². The highest BCUT2D eigenvalue weighted by Crippen LogP contribution is 2.46. The number of fused-ring (bicyclic) bond motifs is 3. The topological polar surface area (TPSA) is 26.0 Å². The molecule has 172 valence electrons. The molecule has 2 aromatic heterocycles. The number of aromatic nitrogens is 1. The molecule has 1 aliphatic rings. The number of nitrogens with zero attached hydrogens (tertiary/aromatic N) is 1. The van der Waals surface area contributed by atoms with Crippen molar-refractivity contribution >= 4 is 22.6 Å². The van der Waals surface area contributed by atoms with E-state index in [1.165, 1.54) is 27.3 Å². The maximum Gasteiger partial charge on any atom is 0.140 e. The van der Waals surface area contributed by atoms with Crippen molar-refractivity contribution in [1.82, 2.24) is 4.98 Å². The second-order valence-corrected chi connectivity index (χ2v) is 9.87. The molecule has 34 heavy (non-hydrogen) atoms. The van der Waals surface area contributed by atoms with Gasteiger partial charge in [0.25, 0.3) is 0 Å². The number of pyridine rings is 1. The molecule has 2 atom stereocenters. The maximum atomic E-state index is 6.58. The predicted molar refractivity (Wildman–Crippen MR) is 143 cm³/mol. The monoisotopic (exact) mass is 447 g/mol. The molecule has 2 nitrogen and oxygen atoms in total. The third-order valence-electron chi connectivity index (χ3n) is 7.64. The highest BCUT2D eigenvalue weighted by molar-refractivity contribution is 5.82. The van der Waals surface area contributed by atoms with Gasteiger partial charge in [0.15, 0.2) is 0 Å². The summed E-state index contributed by atoms with van der Waals surface area (Å²) in [6.45, 7) is 9.27. The maximum absolute atomic E-state index is 6.58. The average molecular weight is 448 g/mol. The van der Waals surface area contributed by atoms with Crippen LogP contribution >= 0.6 is 0 Å². The first kappa shape index (κ1) is 22.4. The quantitative estimate of drug-likeness (QED) is 0.294. The third kappa shape index (κ3) is 3.81. The zero-order valence-electron chi connectivity index (χ0n) is 20.6. The van der Waals surface area contributed by atoms with Crippen LogP contribution in [0, 0.1) is 17.3 Å². The summed E-state index contributed by atoms with van der Waals surface area (Å²) in [4.78, 5) is 4.93. The van der Waals surface area contributed by atoms with E-state index in [4.69, 9.17) is 9.40 Å². The zero-order chi connectivity index (χ0) is 23.7. The number of benzene rings is 2. The number of furan rings is 1. The normalized spacial score (nSPS) is 17.7. The van der Waals surface area contributed by atoms with Gasteiger partial charge in [0.1, 0.15) is 11.0 Å². The van der Waals surface area contributed by atoms with Gasteiger partial charge in [0.2, 0.25) is 0 Å². The van der Waals surface area contributed by atoms with E-state index in [0.717, 1.165) is 29.5 Å². The van der Waals surface area contributed by atoms with E-state index in [-0.39, 0.29) is 11.3 Å². The van der Waals surface area contributed by atoms with Gasteiger partial charge in [-0.2, -0.15) is 0 Å². The second kappa shape index (κ2) is 9.10. The molecule has 4 aromatic rings. The van der Waals surface area contributed by atoms with Crippen molar-refractivity contribution < 1.29 is 4.42 Å². The SMILES string of the molecule is CCC=CC(C)(C(C)C)C1CC=c2c(oc3ccccc23)=C1c1cc(-c2ccccc2)ccn1. The van der Waals surface area contributed by atoms with Gasteiger partial charge in [0.05, 0.1) is 5.69 Å². The minimum absolute atomic E-state index is 0.0249. The molecule has 2 heteroatoms. The number of hydrogen-bond donors (Lipinski definition) is 0. The van der Waals surface area contributed by atoms with Crippen molar-refractivity contribution in [2.24, 2.45) is 17.3 Å². The van der Waals surface area contributed by atoms with Gasteiger partial charge < -0.3 is 4.42 Å². The van der Waals surface area contributed by atoms with Crippen LogP contribution in [-0.2, 0) is 0 Å². The molecule has 0 saturated heterocycles. The molecule has 2 unspecified atom stereocenters. The Morgan fingerprint density at radius 3 is 2.56 bits per heavy atom. The summed E-state index contributed by atoms with van der Waals surface area (Å²) in [5.41, 5.74) is 6.51. The third-order valence-corrected chi connectivity index (χ3v) is 7.64. The molecule has 5 rings (SSSR count). The first-order valence-electron chi connectivity index (χ1n) is 12.4. The van der Waals surface area contributed by atoms with Gasteiger partial charge in [0, 0.05) is 28.3 Å². The molecule has 0 radical (unpaired) electrons. The Hall–Kier alpha value is -3.39. The van der Waals surface area contributed by atoms with E-state index in [0.29, 0.717) is 5.92 Å². The molecule has 0 aliphatic heterocycles. The fourth-order valence-electron chi connectivity index (χ4n) is 5.31. The van der Waals surface area contributed by atoms with Crippen LogP contribution in [0.15, 0.2) is 89.5 Å². The fourth-order valence-corrected chi connectivity index (χ4v) is 5.31. The van der Waals surface area contributed by atoms with Gasteiger partial charge in [-0.25, -0.2) is 0 Å². The van der Waals surface area contributed by atoms with Crippen LogP contribution in [0.4, 0.5) is 0 Å². The highest BCUT2D eigenvalue weighted by Gasteiger charge is 2.39. The molecule has 0 amide bonds. The van der Waals surface area contributed by atoms with Gasteiger partial charge in [-0.15, -0.1) is 0 Å². The van der Waals surface area contributed by atoms with Crippen molar-refractivity contribution in [3.8, 4) is 11.1 Å². The van der Waals surface area contributed by atoms with Gasteiger partial charge in [-0.05, 0) is 53.5 Å². The van der Waals surface area contributed by atoms with Crippen LogP contribution in [0.3, 0.4) is 0 Å². The fraction of sp³-hybridized carbons (Fsp3) is 0.281. The number of allylic oxidation sites excluding steroid dienone is 2. The van der Waals surface area contributed by atoms with Crippen LogP contribution in [-0.4, -0.2) is 4.98 Å². The van der Waals surface area contributed by atoms with Crippen molar-refractivity contribution in [1.29, 1.82) is 0 Å². The molecule has 0 bridgehead atoms. The smallest absolute Gasteiger partial charge is 0.140 e. The van der Waals surface area contributed by atoms with E-state index in [1.54, 1.807) is 0 Å². The summed E-state index contributed by atoms with van der Waals surface area (Å²) in [6, 6.07) is 23.3. The Kier molecular flexibility index (Phi) is 6.00. The standard InChI is InChI=1S/C32H33NO/c1-5-6-19-32(4,22(2)3)27-17-16-26-25-14-10-11-15-29(25)34-31(26)30(27)28-21-24(18-20-33-28)23-12-8-7-9-13-23/h6-16,18-22,27H,5,17H2,1-4H3. The van der Waals surface area contributed by atoms with E-state index in [2.05, 4.69) is 107 Å². The Morgan fingerprint density at radius 2 is 1.79 bits per heavy atom. The van der Waals surface area contributed by atoms with E-state index >= 15 is 0 Å². The molecular formula is C32H33NO. The summed E-state index contributed by atoms with van der Waals surface area (Å²) in [6.07, 6.45) is 11.1. The molecule has 2 aromatic carbocycles. The lowest BCUT2D eigenvalue weighted by atomic mass is 9.63. The van der Waals surface area contributed by atoms with Crippen LogP contribution < -0.4 is 10.6 Å².